The summed E-state index contributed by atoms with van der Waals surface area (Å²) in [7, 11) is 0. The second-order valence-electron chi connectivity index (χ2n) is 5.07. The molecule has 2 aromatic rings. The second-order valence-corrected chi connectivity index (χ2v) is 5.07. The molecule has 3 rings (SSSR count). The largest absolute Gasteiger partial charge is 0.493 e. The van der Waals surface area contributed by atoms with Crippen molar-refractivity contribution < 1.29 is 13.5 Å². The van der Waals surface area contributed by atoms with Crippen LogP contribution in [0.3, 0.4) is 0 Å². The van der Waals surface area contributed by atoms with Crippen molar-refractivity contribution in [1.82, 2.24) is 5.43 Å². The Labute approximate surface area is 121 Å². The van der Waals surface area contributed by atoms with E-state index < -0.39 is 11.6 Å². The fourth-order valence-electron chi connectivity index (χ4n) is 2.70. The van der Waals surface area contributed by atoms with Crippen LogP contribution in [0.2, 0.25) is 0 Å². The lowest BCUT2D eigenvalue weighted by atomic mass is 9.96. The molecule has 0 amide bonds. The van der Waals surface area contributed by atoms with E-state index in [-0.39, 0.29) is 18.0 Å². The number of ether oxygens (including phenoxy) is 1. The van der Waals surface area contributed by atoms with Gasteiger partial charge in [-0.3, -0.25) is 11.3 Å². The van der Waals surface area contributed by atoms with E-state index in [0.717, 1.165) is 29.4 Å². The molecule has 21 heavy (non-hydrogen) atoms. The average Bonchev–Trinajstić information content (AvgIpc) is 2.97. The number of hydrogen-bond acceptors (Lipinski definition) is 3. The lowest BCUT2D eigenvalue weighted by Gasteiger charge is -2.19. The van der Waals surface area contributed by atoms with Crippen molar-refractivity contribution in [3.8, 4) is 5.75 Å². The van der Waals surface area contributed by atoms with Crippen molar-refractivity contribution in [1.29, 1.82) is 0 Å². The third kappa shape index (κ3) is 2.62. The van der Waals surface area contributed by atoms with Gasteiger partial charge in [0.25, 0.3) is 0 Å². The van der Waals surface area contributed by atoms with Crippen LogP contribution in [0.5, 0.6) is 5.75 Å². The van der Waals surface area contributed by atoms with E-state index in [1.165, 1.54) is 6.07 Å². The number of nitrogens with one attached hydrogen (secondary N) is 1. The first kappa shape index (κ1) is 14.0. The predicted octanol–water partition coefficient (Wildman–Crippen LogP) is 2.65. The second kappa shape index (κ2) is 5.79. The Bertz CT molecular complexity index is 661. The fourth-order valence-corrected chi connectivity index (χ4v) is 2.70. The normalized spacial score (nSPS) is 14.6. The Hall–Kier alpha value is -1.98. The van der Waals surface area contributed by atoms with Gasteiger partial charge in [-0.15, -0.1) is 0 Å². The van der Waals surface area contributed by atoms with Crippen molar-refractivity contribution in [3.05, 3.63) is 64.7 Å². The van der Waals surface area contributed by atoms with Crippen molar-refractivity contribution in [2.45, 2.75) is 18.9 Å². The fraction of sp³-hybridized carbons (Fsp3) is 0.250. The summed E-state index contributed by atoms with van der Waals surface area (Å²) in [4.78, 5) is 0. The van der Waals surface area contributed by atoms with E-state index in [1.807, 2.05) is 18.2 Å². The third-order valence-electron chi connectivity index (χ3n) is 3.78. The molecule has 3 nitrogen and oxygen atoms in total. The van der Waals surface area contributed by atoms with Gasteiger partial charge in [0.05, 0.1) is 12.6 Å². The zero-order valence-electron chi connectivity index (χ0n) is 11.4. The highest BCUT2D eigenvalue weighted by Gasteiger charge is 2.23. The summed E-state index contributed by atoms with van der Waals surface area (Å²) in [6.45, 7) is 0.637. The van der Waals surface area contributed by atoms with E-state index in [2.05, 4.69) is 5.43 Å². The van der Waals surface area contributed by atoms with Gasteiger partial charge in [-0.05, 0) is 23.6 Å². The summed E-state index contributed by atoms with van der Waals surface area (Å²) in [5, 5.41) is 0. The monoisotopic (exact) mass is 290 g/mol. The lowest BCUT2D eigenvalue weighted by molar-refractivity contribution is 0.347. The van der Waals surface area contributed by atoms with E-state index in [9.17, 15) is 8.78 Å². The zero-order chi connectivity index (χ0) is 14.8. The van der Waals surface area contributed by atoms with E-state index in [4.69, 9.17) is 10.6 Å². The number of benzene rings is 2. The van der Waals surface area contributed by atoms with Crippen molar-refractivity contribution >= 4 is 0 Å². The SMILES string of the molecule is NNC(Cc1cccc(F)c1F)c1cccc2c1OCC2. The van der Waals surface area contributed by atoms with Gasteiger partial charge in [-0.25, -0.2) is 8.78 Å². The molecule has 1 aliphatic heterocycles. The van der Waals surface area contributed by atoms with Crippen LogP contribution in [0.4, 0.5) is 8.78 Å². The maximum Gasteiger partial charge on any atom is 0.162 e. The van der Waals surface area contributed by atoms with Crippen LogP contribution in [0.15, 0.2) is 36.4 Å². The van der Waals surface area contributed by atoms with Crippen molar-refractivity contribution in [3.63, 3.8) is 0 Å². The van der Waals surface area contributed by atoms with Gasteiger partial charge in [0, 0.05) is 12.0 Å². The number of hydrogen-bond donors (Lipinski definition) is 2. The van der Waals surface area contributed by atoms with Crippen LogP contribution in [0.25, 0.3) is 0 Å². The molecule has 1 aliphatic rings. The molecule has 0 bridgehead atoms. The first-order valence-electron chi connectivity index (χ1n) is 6.84. The van der Waals surface area contributed by atoms with Crippen LogP contribution >= 0.6 is 0 Å². The summed E-state index contributed by atoms with van der Waals surface area (Å²) in [6.07, 6.45) is 1.11. The molecular formula is C16H16F2N2O. The molecule has 0 spiro atoms. The summed E-state index contributed by atoms with van der Waals surface area (Å²) in [6, 6.07) is 9.64. The highest BCUT2D eigenvalue weighted by Crippen LogP contribution is 2.34. The molecule has 110 valence electrons. The highest BCUT2D eigenvalue weighted by molar-refractivity contribution is 5.46. The standard InChI is InChI=1S/C16H16F2N2O/c17-13-6-2-4-11(15(13)18)9-14(20-19)12-5-1-3-10-7-8-21-16(10)12/h1-6,14,20H,7-9,19H2. The molecule has 3 N–H and O–H groups in total. The molecule has 1 unspecified atom stereocenters. The first-order valence-corrected chi connectivity index (χ1v) is 6.84. The van der Waals surface area contributed by atoms with E-state index >= 15 is 0 Å². The Balaban J connectivity index is 1.93. The van der Waals surface area contributed by atoms with E-state index in [0.29, 0.717) is 6.61 Å². The number of rotatable bonds is 4. The number of para-hydroxylation sites is 1. The minimum Gasteiger partial charge on any atom is -0.493 e. The Morgan fingerprint density at radius 1 is 1.19 bits per heavy atom. The molecule has 0 aromatic heterocycles. The van der Waals surface area contributed by atoms with Gasteiger partial charge in [-0.1, -0.05) is 30.3 Å². The van der Waals surface area contributed by atoms with Crippen molar-refractivity contribution in [2.24, 2.45) is 5.84 Å². The molecule has 0 radical (unpaired) electrons. The van der Waals surface area contributed by atoms with Crippen LogP contribution in [-0.4, -0.2) is 6.61 Å². The first-order chi connectivity index (χ1) is 10.2. The summed E-state index contributed by atoms with van der Waals surface area (Å²) < 4.78 is 32.8. The molecule has 1 atom stereocenters. The van der Waals surface area contributed by atoms with Gasteiger partial charge in [0.2, 0.25) is 0 Å². The Morgan fingerprint density at radius 2 is 2.00 bits per heavy atom. The molecule has 0 saturated carbocycles. The number of hydrazine groups is 1. The zero-order valence-corrected chi connectivity index (χ0v) is 11.4. The van der Waals surface area contributed by atoms with E-state index in [1.54, 1.807) is 6.07 Å². The Kier molecular flexibility index (Phi) is 3.86. The average molecular weight is 290 g/mol. The third-order valence-corrected chi connectivity index (χ3v) is 3.78. The Morgan fingerprint density at radius 3 is 2.81 bits per heavy atom. The van der Waals surface area contributed by atoms with Crippen LogP contribution in [0.1, 0.15) is 22.7 Å². The van der Waals surface area contributed by atoms with Crippen LogP contribution < -0.4 is 16.0 Å². The molecule has 1 heterocycles. The maximum absolute atomic E-state index is 13.8. The number of halogens is 2. The van der Waals surface area contributed by atoms with Gasteiger partial charge in [0.15, 0.2) is 11.6 Å². The topological polar surface area (TPSA) is 47.3 Å². The summed E-state index contributed by atoms with van der Waals surface area (Å²) >= 11 is 0. The van der Waals surface area contributed by atoms with Gasteiger partial charge in [-0.2, -0.15) is 0 Å². The van der Waals surface area contributed by atoms with Gasteiger partial charge in [0.1, 0.15) is 5.75 Å². The quantitative estimate of drug-likeness (QED) is 0.672. The molecule has 0 fully saturated rings. The smallest absolute Gasteiger partial charge is 0.162 e. The van der Waals surface area contributed by atoms with Gasteiger partial charge >= 0.3 is 0 Å². The molecule has 2 aromatic carbocycles. The number of nitrogens with two attached hydrogens (primary N) is 1. The highest BCUT2D eigenvalue weighted by atomic mass is 19.2. The van der Waals surface area contributed by atoms with Crippen LogP contribution in [-0.2, 0) is 12.8 Å². The number of fused-ring (bicyclic) bond motifs is 1. The van der Waals surface area contributed by atoms with Crippen molar-refractivity contribution in [2.75, 3.05) is 6.61 Å². The summed E-state index contributed by atoms with van der Waals surface area (Å²) in [5.74, 6) is 4.74. The maximum atomic E-state index is 13.8. The molecule has 5 heteroatoms. The van der Waals surface area contributed by atoms with Crippen LogP contribution in [0, 0.1) is 11.6 Å². The predicted molar refractivity (Wildman–Crippen MR) is 75.8 cm³/mol. The molecular weight excluding hydrogens is 274 g/mol. The van der Waals surface area contributed by atoms with Gasteiger partial charge < -0.3 is 4.74 Å². The summed E-state index contributed by atoms with van der Waals surface area (Å²) in [5.41, 5.74) is 4.95. The minimum absolute atomic E-state index is 0.250. The lowest BCUT2D eigenvalue weighted by Crippen LogP contribution is -2.30. The molecule has 0 aliphatic carbocycles. The minimum atomic E-state index is -0.849. The molecule has 0 saturated heterocycles.